The first-order valence-corrected chi connectivity index (χ1v) is 7.91. The Morgan fingerprint density at radius 3 is 3.05 bits per heavy atom. The van der Waals surface area contributed by atoms with Crippen molar-refractivity contribution in [2.24, 2.45) is 0 Å². The molecule has 0 radical (unpaired) electrons. The highest BCUT2D eigenvalue weighted by molar-refractivity contribution is 7.15. The van der Waals surface area contributed by atoms with E-state index in [2.05, 4.69) is 5.32 Å². The van der Waals surface area contributed by atoms with Gasteiger partial charge in [-0.15, -0.1) is 11.3 Å². The summed E-state index contributed by atoms with van der Waals surface area (Å²) < 4.78 is 13.4. The van der Waals surface area contributed by atoms with E-state index in [0.717, 1.165) is 23.5 Å². The fraction of sp³-hybridized carbons (Fsp3) is 0.438. The lowest BCUT2D eigenvalue weighted by Gasteiger charge is -2.20. The maximum absolute atomic E-state index is 13.4. The third-order valence-electron chi connectivity index (χ3n) is 3.93. The van der Waals surface area contributed by atoms with E-state index in [-0.39, 0.29) is 5.82 Å². The van der Waals surface area contributed by atoms with Crippen molar-refractivity contribution in [2.75, 3.05) is 13.6 Å². The monoisotopic (exact) mass is 290 g/mol. The van der Waals surface area contributed by atoms with Crippen LogP contribution in [0.3, 0.4) is 0 Å². The number of likely N-dealkylation sites (N-methyl/N-ethyl adjacent to an activating group) is 1. The molecule has 106 valence electrons. The second kappa shape index (κ2) is 5.62. The Morgan fingerprint density at radius 1 is 1.45 bits per heavy atom. The predicted molar refractivity (Wildman–Crippen MR) is 81.9 cm³/mol. The van der Waals surface area contributed by atoms with Crippen LogP contribution in [0.15, 0.2) is 18.2 Å². The molecular weight excluding hydrogens is 271 g/mol. The number of benzene rings is 1. The summed E-state index contributed by atoms with van der Waals surface area (Å²) in [5.74, 6) is 0.374. The molecular formula is C16H19FN2S. The first kappa shape index (κ1) is 13.7. The molecule has 3 rings (SSSR count). The number of nitrogens with one attached hydrogen (secondary N) is 1. The van der Waals surface area contributed by atoms with E-state index < -0.39 is 0 Å². The Morgan fingerprint density at radius 2 is 2.30 bits per heavy atom. The second-order valence-electron chi connectivity index (χ2n) is 5.44. The largest absolute Gasteiger partial charge is 0.319 e. The average molecular weight is 290 g/mol. The van der Waals surface area contributed by atoms with Crippen molar-refractivity contribution < 1.29 is 4.39 Å². The number of aryl methyl sites for hydroxylation is 2. The number of halogens is 1. The molecule has 0 saturated carbocycles. The van der Waals surface area contributed by atoms with Gasteiger partial charge >= 0.3 is 0 Å². The van der Waals surface area contributed by atoms with Gasteiger partial charge in [-0.1, -0.05) is 0 Å². The average Bonchev–Trinajstić information content (AvgIpc) is 2.87. The Bertz CT molecular complexity index is 621. The first-order valence-electron chi connectivity index (χ1n) is 7.09. The Balaban J connectivity index is 1.97. The van der Waals surface area contributed by atoms with Crippen molar-refractivity contribution in [3.05, 3.63) is 40.2 Å². The molecule has 2 aromatic rings. The number of aromatic nitrogens is 1. The number of hydrogen-bond donors (Lipinski definition) is 1. The molecule has 2 nitrogen and oxygen atoms in total. The quantitative estimate of drug-likeness (QED) is 0.927. The summed E-state index contributed by atoms with van der Waals surface area (Å²) in [6.45, 7) is 2.79. The lowest BCUT2D eigenvalue weighted by atomic mass is 9.91. The Labute approximate surface area is 123 Å². The fourth-order valence-electron chi connectivity index (χ4n) is 2.85. The zero-order valence-corrected chi connectivity index (χ0v) is 12.7. The number of thiazole rings is 1. The van der Waals surface area contributed by atoms with Gasteiger partial charge in [-0.2, -0.15) is 0 Å². The molecule has 1 unspecified atom stereocenters. The summed E-state index contributed by atoms with van der Waals surface area (Å²) in [5, 5.41) is 4.29. The lowest BCUT2D eigenvalue weighted by molar-refractivity contribution is 0.523. The van der Waals surface area contributed by atoms with E-state index >= 15 is 0 Å². The van der Waals surface area contributed by atoms with Gasteiger partial charge in [-0.3, -0.25) is 0 Å². The minimum absolute atomic E-state index is 0.150. The Kier molecular flexibility index (Phi) is 3.85. The molecule has 0 amide bonds. The zero-order valence-electron chi connectivity index (χ0n) is 11.9. The Hall–Kier alpha value is -1.26. The molecule has 0 bridgehead atoms. The topological polar surface area (TPSA) is 24.9 Å². The second-order valence-corrected chi connectivity index (χ2v) is 6.52. The van der Waals surface area contributed by atoms with Crippen LogP contribution in [0.5, 0.6) is 0 Å². The molecule has 0 fully saturated rings. The van der Waals surface area contributed by atoms with Gasteiger partial charge < -0.3 is 5.32 Å². The van der Waals surface area contributed by atoms with Gasteiger partial charge in [0, 0.05) is 22.9 Å². The van der Waals surface area contributed by atoms with Gasteiger partial charge in [-0.25, -0.2) is 9.37 Å². The van der Waals surface area contributed by atoms with Crippen molar-refractivity contribution >= 4 is 11.3 Å². The molecule has 1 heterocycles. The summed E-state index contributed by atoms with van der Waals surface area (Å²) in [6, 6.07) is 5.27. The van der Waals surface area contributed by atoms with Crippen molar-refractivity contribution in [3.8, 4) is 10.6 Å². The van der Waals surface area contributed by atoms with E-state index in [1.54, 1.807) is 18.3 Å². The summed E-state index contributed by atoms with van der Waals surface area (Å²) in [5.41, 5.74) is 2.97. The molecule has 1 aromatic carbocycles. The zero-order chi connectivity index (χ0) is 14.1. The lowest BCUT2D eigenvalue weighted by Crippen LogP contribution is -2.20. The predicted octanol–water partition coefficient (Wildman–Crippen LogP) is 3.90. The third kappa shape index (κ3) is 2.50. The van der Waals surface area contributed by atoms with Crippen molar-refractivity contribution in [2.45, 2.75) is 32.1 Å². The fourth-order valence-corrected chi connectivity index (χ4v) is 4.04. The molecule has 4 heteroatoms. The summed E-state index contributed by atoms with van der Waals surface area (Å²) in [6.07, 6.45) is 3.58. The van der Waals surface area contributed by atoms with Crippen molar-refractivity contribution in [1.82, 2.24) is 10.3 Å². The highest BCUT2D eigenvalue weighted by atomic mass is 32.1. The van der Waals surface area contributed by atoms with E-state index in [4.69, 9.17) is 4.98 Å². The van der Waals surface area contributed by atoms with Crippen LogP contribution < -0.4 is 5.32 Å². The van der Waals surface area contributed by atoms with Crippen LogP contribution in [0, 0.1) is 12.7 Å². The van der Waals surface area contributed by atoms with Crippen LogP contribution in [-0.2, 0) is 6.42 Å². The molecule has 0 saturated heterocycles. The summed E-state index contributed by atoms with van der Waals surface area (Å²) in [7, 11) is 1.99. The van der Waals surface area contributed by atoms with Gasteiger partial charge in [0.2, 0.25) is 0 Å². The van der Waals surface area contributed by atoms with Crippen LogP contribution in [0.25, 0.3) is 10.6 Å². The number of rotatable bonds is 3. The molecule has 1 aromatic heterocycles. The maximum Gasteiger partial charge on any atom is 0.126 e. The van der Waals surface area contributed by atoms with Gasteiger partial charge in [0.15, 0.2) is 0 Å². The highest BCUT2D eigenvalue weighted by Gasteiger charge is 2.24. The van der Waals surface area contributed by atoms with Crippen molar-refractivity contribution in [1.29, 1.82) is 0 Å². The van der Waals surface area contributed by atoms with Crippen LogP contribution in [0.2, 0.25) is 0 Å². The van der Waals surface area contributed by atoms with E-state index in [0.29, 0.717) is 11.5 Å². The highest BCUT2D eigenvalue weighted by Crippen LogP contribution is 2.38. The van der Waals surface area contributed by atoms with E-state index in [1.807, 2.05) is 19.2 Å². The standard InChI is InChI=1S/C16H19FN2S/c1-10-8-11(6-7-13(10)17)16-19-15-12(9-18-2)4-3-5-14(15)20-16/h6-8,12,18H,3-5,9H2,1-2H3. The van der Waals surface area contributed by atoms with Gasteiger partial charge in [0.25, 0.3) is 0 Å². The molecule has 1 aliphatic rings. The van der Waals surface area contributed by atoms with Crippen molar-refractivity contribution in [3.63, 3.8) is 0 Å². The smallest absolute Gasteiger partial charge is 0.126 e. The van der Waals surface area contributed by atoms with Crippen LogP contribution in [-0.4, -0.2) is 18.6 Å². The number of nitrogens with zero attached hydrogens (tertiary/aromatic N) is 1. The van der Waals surface area contributed by atoms with Gasteiger partial charge in [0.1, 0.15) is 10.8 Å². The third-order valence-corrected chi connectivity index (χ3v) is 5.11. The summed E-state index contributed by atoms with van der Waals surface area (Å²) in [4.78, 5) is 6.26. The molecule has 0 spiro atoms. The number of fused-ring (bicyclic) bond motifs is 1. The molecule has 1 aliphatic carbocycles. The molecule has 1 N–H and O–H groups in total. The summed E-state index contributed by atoms with van der Waals surface area (Å²) >= 11 is 1.77. The number of hydrogen-bond acceptors (Lipinski definition) is 3. The molecule has 20 heavy (non-hydrogen) atoms. The van der Waals surface area contributed by atoms with Crippen LogP contribution >= 0.6 is 11.3 Å². The van der Waals surface area contributed by atoms with Gasteiger partial charge in [-0.05, 0) is 57.0 Å². The van der Waals surface area contributed by atoms with Crippen LogP contribution in [0.1, 0.15) is 34.9 Å². The molecule has 1 atom stereocenters. The maximum atomic E-state index is 13.4. The molecule has 0 aliphatic heterocycles. The normalized spacial score (nSPS) is 18.1. The minimum atomic E-state index is -0.150. The van der Waals surface area contributed by atoms with Gasteiger partial charge in [0.05, 0.1) is 5.69 Å². The SMILES string of the molecule is CNCC1CCCc2sc(-c3ccc(F)c(C)c3)nc21. The minimum Gasteiger partial charge on any atom is -0.319 e. The van der Waals surface area contributed by atoms with Crippen LogP contribution in [0.4, 0.5) is 4.39 Å². The first-order chi connectivity index (χ1) is 9.69. The van der Waals surface area contributed by atoms with E-state index in [9.17, 15) is 4.39 Å². The van der Waals surface area contributed by atoms with E-state index in [1.165, 1.54) is 29.5 Å².